The van der Waals surface area contributed by atoms with E-state index in [-0.39, 0.29) is 12.0 Å². The second kappa shape index (κ2) is 4.85. The minimum absolute atomic E-state index is 0.111. The molecule has 104 valence electrons. The highest BCUT2D eigenvalue weighted by Crippen LogP contribution is 2.50. The van der Waals surface area contributed by atoms with E-state index in [4.69, 9.17) is 4.74 Å². The fourth-order valence-corrected chi connectivity index (χ4v) is 2.13. The Bertz CT molecular complexity index is 473. The van der Waals surface area contributed by atoms with Crippen LogP contribution in [0.3, 0.4) is 0 Å². The lowest BCUT2D eigenvalue weighted by Crippen LogP contribution is -2.28. The minimum Gasteiger partial charge on any atom is -0.444 e. The first-order valence-corrected chi connectivity index (χ1v) is 6.57. The first kappa shape index (κ1) is 13.9. The second-order valence-electron chi connectivity index (χ2n) is 6.11. The van der Waals surface area contributed by atoms with E-state index in [0.29, 0.717) is 0 Å². The van der Waals surface area contributed by atoms with Crippen molar-refractivity contribution in [1.82, 2.24) is 0 Å². The summed E-state index contributed by atoms with van der Waals surface area (Å²) in [4.78, 5) is 11.8. The number of aliphatic hydroxyl groups is 1. The van der Waals surface area contributed by atoms with Crippen molar-refractivity contribution < 1.29 is 14.6 Å². The van der Waals surface area contributed by atoms with Crippen LogP contribution in [0.2, 0.25) is 0 Å². The fourth-order valence-electron chi connectivity index (χ4n) is 2.13. The highest BCUT2D eigenvalue weighted by molar-refractivity contribution is 5.86. The van der Waals surface area contributed by atoms with Gasteiger partial charge in [-0.25, -0.2) is 4.79 Å². The number of hydrogen-bond acceptors (Lipinski definition) is 3. The third-order valence-electron chi connectivity index (χ3n) is 3.29. The van der Waals surface area contributed by atoms with E-state index in [2.05, 4.69) is 5.32 Å². The monoisotopic (exact) mass is 263 g/mol. The molecule has 0 saturated heterocycles. The number of aliphatic hydroxyl groups excluding tert-OH is 1. The molecule has 1 fully saturated rings. The zero-order chi connectivity index (χ0) is 14.1. The molecule has 0 aromatic heterocycles. The van der Waals surface area contributed by atoms with Crippen LogP contribution in [0.5, 0.6) is 0 Å². The Balaban J connectivity index is 2.15. The molecule has 0 aliphatic heterocycles. The lowest BCUT2D eigenvalue weighted by Gasteiger charge is -2.22. The average Bonchev–Trinajstić information content (AvgIpc) is 3.08. The van der Waals surface area contributed by atoms with Crippen molar-refractivity contribution in [2.24, 2.45) is 0 Å². The van der Waals surface area contributed by atoms with Crippen molar-refractivity contribution in [2.45, 2.75) is 44.6 Å². The van der Waals surface area contributed by atoms with Crippen LogP contribution in [0.15, 0.2) is 24.3 Å². The molecular weight excluding hydrogens is 242 g/mol. The fraction of sp³-hybridized carbons (Fsp3) is 0.533. The largest absolute Gasteiger partial charge is 0.444 e. The number of para-hydroxylation sites is 1. The Labute approximate surface area is 113 Å². The molecule has 2 rings (SSSR count). The first-order valence-electron chi connectivity index (χ1n) is 6.57. The Morgan fingerprint density at radius 2 is 2.00 bits per heavy atom. The number of amides is 1. The summed E-state index contributed by atoms with van der Waals surface area (Å²) < 4.78 is 5.25. The molecule has 0 bridgehead atoms. The predicted octanol–water partition coefficient (Wildman–Crippen LogP) is 3.06. The van der Waals surface area contributed by atoms with Gasteiger partial charge in [0.2, 0.25) is 0 Å². The average molecular weight is 263 g/mol. The zero-order valence-electron chi connectivity index (χ0n) is 11.7. The van der Waals surface area contributed by atoms with Crippen LogP contribution in [0.25, 0.3) is 0 Å². The minimum atomic E-state index is -0.521. The van der Waals surface area contributed by atoms with Gasteiger partial charge in [0.15, 0.2) is 0 Å². The summed E-state index contributed by atoms with van der Waals surface area (Å²) in [6.45, 7) is 5.60. The maximum absolute atomic E-state index is 11.8. The van der Waals surface area contributed by atoms with Gasteiger partial charge in [0.25, 0.3) is 0 Å². The molecule has 0 heterocycles. The van der Waals surface area contributed by atoms with Crippen LogP contribution in [0.4, 0.5) is 10.5 Å². The molecule has 0 unspecified atom stereocenters. The topological polar surface area (TPSA) is 58.6 Å². The number of carbonyl (C=O) groups is 1. The summed E-state index contributed by atoms with van der Waals surface area (Å²) in [5.74, 6) is 0. The van der Waals surface area contributed by atoms with E-state index >= 15 is 0 Å². The van der Waals surface area contributed by atoms with Crippen LogP contribution >= 0.6 is 0 Å². The number of rotatable bonds is 3. The Morgan fingerprint density at radius 1 is 1.37 bits per heavy atom. The molecule has 1 aromatic carbocycles. The van der Waals surface area contributed by atoms with Crippen molar-refractivity contribution in [3.05, 3.63) is 29.8 Å². The summed E-state index contributed by atoms with van der Waals surface area (Å²) in [6, 6.07) is 7.58. The van der Waals surface area contributed by atoms with Crippen LogP contribution in [0.1, 0.15) is 39.2 Å². The van der Waals surface area contributed by atoms with Crippen molar-refractivity contribution >= 4 is 11.8 Å². The van der Waals surface area contributed by atoms with E-state index in [9.17, 15) is 9.90 Å². The zero-order valence-corrected chi connectivity index (χ0v) is 11.7. The van der Waals surface area contributed by atoms with Crippen LogP contribution in [-0.2, 0) is 10.2 Å². The van der Waals surface area contributed by atoms with Gasteiger partial charge < -0.3 is 9.84 Å². The van der Waals surface area contributed by atoms with Gasteiger partial charge in [-0.05, 0) is 45.2 Å². The molecule has 4 heteroatoms. The summed E-state index contributed by atoms with van der Waals surface area (Å²) >= 11 is 0. The highest BCUT2D eigenvalue weighted by Gasteiger charge is 2.45. The number of carbonyl (C=O) groups excluding carboxylic acids is 1. The van der Waals surface area contributed by atoms with E-state index in [1.54, 1.807) is 0 Å². The van der Waals surface area contributed by atoms with E-state index < -0.39 is 11.7 Å². The summed E-state index contributed by atoms with van der Waals surface area (Å²) in [7, 11) is 0. The molecule has 2 N–H and O–H groups in total. The van der Waals surface area contributed by atoms with Gasteiger partial charge in [-0.1, -0.05) is 18.2 Å². The van der Waals surface area contributed by atoms with Crippen molar-refractivity contribution in [2.75, 3.05) is 11.9 Å². The van der Waals surface area contributed by atoms with Crippen LogP contribution < -0.4 is 5.32 Å². The number of nitrogens with one attached hydrogen (secondary N) is 1. The SMILES string of the molecule is CC(C)(C)OC(=O)Nc1ccccc1C1(CO)CC1. The second-order valence-corrected chi connectivity index (χ2v) is 6.11. The quantitative estimate of drug-likeness (QED) is 0.881. The molecule has 19 heavy (non-hydrogen) atoms. The lowest BCUT2D eigenvalue weighted by molar-refractivity contribution is 0.0635. The molecule has 1 aliphatic rings. The summed E-state index contributed by atoms with van der Waals surface area (Å²) in [5, 5.41) is 12.3. The number of hydrogen-bond donors (Lipinski definition) is 2. The third kappa shape index (κ3) is 3.26. The molecule has 1 aliphatic carbocycles. The molecule has 0 radical (unpaired) electrons. The molecular formula is C15H21NO3. The van der Waals surface area contributed by atoms with Crippen molar-refractivity contribution in [1.29, 1.82) is 0 Å². The number of ether oxygens (including phenoxy) is 1. The molecule has 1 amide bonds. The van der Waals surface area contributed by atoms with Gasteiger partial charge in [0.1, 0.15) is 5.60 Å². The lowest BCUT2D eigenvalue weighted by atomic mass is 9.95. The van der Waals surface area contributed by atoms with E-state index in [1.807, 2.05) is 45.0 Å². The molecule has 0 atom stereocenters. The highest BCUT2D eigenvalue weighted by atomic mass is 16.6. The normalized spacial score (nSPS) is 16.8. The van der Waals surface area contributed by atoms with Crippen LogP contribution in [-0.4, -0.2) is 23.4 Å². The van der Waals surface area contributed by atoms with E-state index in [0.717, 1.165) is 24.1 Å². The maximum atomic E-state index is 11.8. The molecule has 1 saturated carbocycles. The van der Waals surface area contributed by atoms with Gasteiger partial charge in [-0.2, -0.15) is 0 Å². The third-order valence-corrected chi connectivity index (χ3v) is 3.29. The van der Waals surface area contributed by atoms with Crippen LogP contribution in [0, 0.1) is 0 Å². The predicted molar refractivity (Wildman–Crippen MR) is 74.3 cm³/mol. The Morgan fingerprint density at radius 3 is 2.53 bits per heavy atom. The van der Waals surface area contributed by atoms with Gasteiger partial charge in [-0.15, -0.1) is 0 Å². The van der Waals surface area contributed by atoms with E-state index in [1.165, 1.54) is 0 Å². The summed E-state index contributed by atoms with van der Waals surface area (Å²) in [6.07, 6.45) is 1.45. The smallest absolute Gasteiger partial charge is 0.412 e. The standard InChI is InChI=1S/C15H21NO3/c1-14(2,3)19-13(18)16-12-7-5-4-6-11(12)15(10-17)8-9-15/h4-7,17H,8-10H2,1-3H3,(H,16,18). The van der Waals surface area contributed by atoms with Gasteiger partial charge in [0, 0.05) is 11.1 Å². The van der Waals surface area contributed by atoms with Gasteiger partial charge in [0.05, 0.1) is 6.61 Å². The maximum Gasteiger partial charge on any atom is 0.412 e. The van der Waals surface area contributed by atoms with Crippen molar-refractivity contribution in [3.63, 3.8) is 0 Å². The number of anilines is 1. The Hall–Kier alpha value is -1.55. The molecule has 1 aromatic rings. The first-order chi connectivity index (χ1) is 8.86. The summed E-state index contributed by atoms with van der Waals surface area (Å²) in [5.41, 5.74) is 1.02. The molecule has 4 nitrogen and oxygen atoms in total. The molecule has 0 spiro atoms. The van der Waals surface area contributed by atoms with Crippen molar-refractivity contribution in [3.8, 4) is 0 Å². The Kier molecular flexibility index (Phi) is 3.54. The van der Waals surface area contributed by atoms with Gasteiger partial charge >= 0.3 is 6.09 Å². The number of benzene rings is 1. The van der Waals surface area contributed by atoms with Gasteiger partial charge in [-0.3, -0.25) is 5.32 Å².